The Hall–Kier alpha value is -3.52. The molecule has 4 rings (SSSR count). The first kappa shape index (κ1) is 19.8. The van der Waals surface area contributed by atoms with E-state index in [-0.39, 0.29) is 17.0 Å². The maximum absolute atomic E-state index is 13.7. The highest BCUT2D eigenvalue weighted by atomic mass is 32.1. The summed E-state index contributed by atoms with van der Waals surface area (Å²) in [7, 11) is 3.83. The molecule has 2 amide bonds. The molecular weight excluding hydrogens is 408 g/mol. The van der Waals surface area contributed by atoms with Crippen LogP contribution in [0, 0.1) is 11.6 Å². The van der Waals surface area contributed by atoms with Crippen LogP contribution in [0.15, 0.2) is 65.7 Å². The van der Waals surface area contributed by atoms with Crippen LogP contribution in [-0.4, -0.2) is 25.9 Å². The maximum Gasteiger partial charge on any atom is 0.282 e. The minimum Gasteiger partial charge on any atom is -0.378 e. The molecule has 2 heterocycles. The van der Waals surface area contributed by atoms with Gasteiger partial charge in [-0.25, -0.2) is 13.7 Å². The molecule has 0 spiro atoms. The second kappa shape index (κ2) is 7.72. The Balaban J connectivity index is 1.75. The molecule has 0 atom stereocenters. The Labute approximate surface area is 175 Å². The molecule has 0 aliphatic carbocycles. The summed E-state index contributed by atoms with van der Waals surface area (Å²) < 4.78 is 27.1. The number of amides is 2. The van der Waals surface area contributed by atoms with Gasteiger partial charge in [0, 0.05) is 36.4 Å². The Morgan fingerprint density at radius 3 is 2.27 bits per heavy atom. The lowest BCUT2D eigenvalue weighted by Gasteiger charge is -2.16. The van der Waals surface area contributed by atoms with Gasteiger partial charge in [-0.05, 0) is 47.8 Å². The molecule has 3 aromatic rings. The monoisotopic (exact) mass is 425 g/mol. The molecule has 5 nitrogen and oxygen atoms in total. The lowest BCUT2D eigenvalue weighted by atomic mass is 10.1. The van der Waals surface area contributed by atoms with Crippen molar-refractivity contribution in [3.05, 3.63) is 82.2 Å². The van der Waals surface area contributed by atoms with Crippen LogP contribution in [0.3, 0.4) is 0 Å². The number of hydrogen-bond donors (Lipinski definition) is 1. The fraction of sp³-hybridized carbons (Fsp3) is 0.0909. The van der Waals surface area contributed by atoms with Gasteiger partial charge in [0.2, 0.25) is 0 Å². The Morgan fingerprint density at radius 2 is 1.67 bits per heavy atom. The molecule has 0 unspecified atom stereocenters. The van der Waals surface area contributed by atoms with Gasteiger partial charge >= 0.3 is 0 Å². The van der Waals surface area contributed by atoms with E-state index in [1.165, 1.54) is 17.4 Å². The van der Waals surface area contributed by atoms with Crippen LogP contribution >= 0.6 is 11.3 Å². The van der Waals surface area contributed by atoms with Crippen LogP contribution in [0.1, 0.15) is 4.88 Å². The van der Waals surface area contributed by atoms with Gasteiger partial charge in [-0.1, -0.05) is 6.07 Å². The number of nitrogens with zero attached hydrogens (tertiary/aromatic N) is 2. The average Bonchev–Trinajstić information content (AvgIpc) is 3.32. The smallest absolute Gasteiger partial charge is 0.282 e. The number of halogens is 2. The van der Waals surface area contributed by atoms with E-state index in [1.807, 2.05) is 31.1 Å². The van der Waals surface area contributed by atoms with Crippen molar-refractivity contribution in [3.8, 4) is 0 Å². The number of hydrogen-bond acceptors (Lipinski definition) is 5. The third-order valence-electron chi connectivity index (χ3n) is 4.67. The first-order valence-corrected chi connectivity index (χ1v) is 9.91. The summed E-state index contributed by atoms with van der Waals surface area (Å²) >= 11 is 1.31. The Kier molecular flexibility index (Phi) is 5.09. The summed E-state index contributed by atoms with van der Waals surface area (Å²) in [4.78, 5) is 29.7. The fourth-order valence-electron chi connectivity index (χ4n) is 3.14. The first-order valence-electron chi connectivity index (χ1n) is 9.03. The highest BCUT2D eigenvalue weighted by Gasteiger charge is 2.41. The molecule has 1 aliphatic rings. The van der Waals surface area contributed by atoms with Crippen molar-refractivity contribution in [3.63, 3.8) is 0 Å². The Bertz CT molecular complexity index is 1160. The van der Waals surface area contributed by atoms with E-state index in [9.17, 15) is 18.4 Å². The summed E-state index contributed by atoms with van der Waals surface area (Å²) in [6.45, 7) is 0. The van der Waals surface area contributed by atoms with Gasteiger partial charge in [0.25, 0.3) is 11.8 Å². The van der Waals surface area contributed by atoms with Crippen LogP contribution < -0.4 is 15.1 Å². The molecule has 0 saturated heterocycles. The highest BCUT2D eigenvalue weighted by molar-refractivity contribution is 7.11. The number of benzene rings is 2. The second-order valence-corrected chi connectivity index (χ2v) is 7.79. The van der Waals surface area contributed by atoms with E-state index in [1.54, 1.807) is 29.6 Å². The zero-order valence-electron chi connectivity index (χ0n) is 16.1. The van der Waals surface area contributed by atoms with Crippen LogP contribution in [0.25, 0.3) is 5.57 Å². The lowest BCUT2D eigenvalue weighted by molar-refractivity contribution is -0.120. The Morgan fingerprint density at radius 1 is 0.933 bits per heavy atom. The van der Waals surface area contributed by atoms with E-state index in [2.05, 4.69) is 5.32 Å². The van der Waals surface area contributed by atoms with Crippen molar-refractivity contribution in [1.29, 1.82) is 0 Å². The molecule has 1 aliphatic heterocycles. The molecule has 8 heteroatoms. The number of carbonyl (C=O) groups excluding carboxylic acids is 2. The quantitative estimate of drug-likeness (QED) is 0.612. The van der Waals surface area contributed by atoms with Crippen molar-refractivity contribution < 1.29 is 18.4 Å². The van der Waals surface area contributed by atoms with Crippen LogP contribution in [-0.2, 0) is 9.59 Å². The molecule has 0 bridgehead atoms. The van der Waals surface area contributed by atoms with Crippen molar-refractivity contribution in [2.24, 2.45) is 0 Å². The van der Waals surface area contributed by atoms with Gasteiger partial charge in [-0.15, -0.1) is 11.3 Å². The van der Waals surface area contributed by atoms with Crippen LogP contribution in [0.4, 0.5) is 25.8 Å². The normalized spacial score (nSPS) is 13.9. The summed E-state index contributed by atoms with van der Waals surface area (Å²) in [5, 5.41) is 4.83. The number of anilines is 3. The van der Waals surface area contributed by atoms with Gasteiger partial charge in [0.15, 0.2) is 11.6 Å². The molecule has 2 aromatic carbocycles. The predicted molar refractivity (Wildman–Crippen MR) is 114 cm³/mol. The number of thiophene rings is 1. The van der Waals surface area contributed by atoms with Gasteiger partial charge in [0.1, 0.15) is 5.70 Å². The van der Waals surface area contributed by atoms with Crippen LogP contribution in [0.2, 0.25) is 0 Å². The van der Waals surface area contributed by atoms with Crippen molar-refractivity contribution in [1.82, 2.24) is 0 Å². The van der Waals surface area contributed by atoms with Crippen molar-refractivity contribution in [2.45, 2.75) is 0 Å². The molecular formula is C22H17F2N3O2S. The molecule has 152 valence electrons. The summed E-state index contributed by atoms with van der Waals surface area (Å²) in [5.74, 6) is -3.41. The van der Waals surface area contributed by atoms with Gasteiger partial charge in [-0.3, -0.25) is 9.59 Å². The van der Waals surface area contributed by atoms with E-state index < -0.39 is 23.4 Å². The van der Waals surface area contributed by atoms with E-state index in [4.69, 9.17) is 0 Å². The van der Waals surface area contributed by atoms with Gasteiger partial charge in [-0.2, -0.15) is 0 Å². The topological polar surface area (TPSA) is 52.7 Å². The first-order chi connectivity index (χ1) is 14.4. The number of rotatable bonds is 5. The third kappa shape index (κ3) is 3.46. The predicted octanol–water partition coefficient (Wildman–Crippen LogP) is 4.49. The molecule has 1 aromatic heterocycles. The van der Waals surface area contributed by atoms with Gasteiger partial charge in [0.05, 0.1) is 11.3 Å². The molecule has 0 saturated carbocycles. The summed E-state index contributed by atoms with van der Waals surface area (Å²) in [5.41, 5.74) is 1.85. The van der Waals surface area contributed by atoms with Crippen LogP contribution in [0.5, 0.6) is 0 Å². The minimum absolute atomic E-state index is 0.0299. The third-order valence-corrected chi connectivity index (χ3v) is 5.55. The molecule has 1 N–H and O–H groups in total. The molecule has 30 heavy (non-hydrogen) atoms. The maximum atomic E-state index is 13.7. The van der Waals surface area contributed by atoms with E-state index in [0.717, 1.165) is 22.7 Å². The number of nitrogens with one attached hydrogen (secondary N) is 1. The summed E-state index contributed by atoms with van der Waals surface area (Å²) in [6, 6.07) is 13.8. The van der Waals surface area contributed by atoms with Gasteiger partial charge < -0.3 is 10.2 Å². The highest BCUT2D eigenvalue weighted by Crippen LogP contribution is 2.36. The minimum atomic E-state index is -1.13. The lowest BCUT2D eigenvalue weighted by Crippen LogP contribution is -2.32. The number of imide groups is 1. The average molecular weight is 425 g/mol. The van der Waals surface area contributed by atoms with E-state index >= 15 is 0 Å². The zero-order chi connectivity index (χ0) is 21.4. The number of carbonyl (C=O) groups is 2. The molecule has 0 radical (unpaired) electrons. The second-order valence-electron chi connectivity index (χ2n) is 6.84. The molecule has 0 fully saturated rings. The zero-order valence-corrected chi connectivity index (χ0v) is 17.0. The largest absolute Gasteiger partial charge is 0.378 e. The van der Waals surface area contributed by atoms with Crippen molar-refractivity contribution >= 4 is 45.8 Å². The fourth-order valence-corrected chi connectivity index (χ4v) is 3.91. The SMILES string of the molecule is CN(C)c1ccc(NC2=C(c3cccs3)C(=O)N(c3ccc(F)c(F)c3)C2=O)cc1. The van der Waals surface area contributed by atoms with E-state index in [0.29, 0.717) is 10.6 Å². The standard InChI is InChI=1S/C22H17F2N3O2S/c1-26(2)14-7-5-13(6-8-14)25-20-19(18-4-3-11-30-18)21(28)27(22(20)29)15-9-10-16(23)17(24)12-15/h3-12,25H,1-2H3. The summed E-state index contributed by atoms with van der Waals surface area (Å²) in [6.07, 6.45) is 0. The van der Waals surface area contributed by atoms with Crippen molar-refractivity contribution in [2.75, 3.05) is 29.2 Å².